The van der Waals surface area contributed by atoms with E-state index in [4.69, 9.17) is 10.5 Å². The molecule has 0 spiro atoms. The van der Waals surface area contributed by atoms with Crippen molar-refractivity contribution in [1.29, 1.82) is 0 Å². The van der Waals surface area contributed by atoms with Crippen molar-refractivity contribution < 1.29 is 9.53 Å². The van der Waals surface area contributed by atoms with E-state index >= 15 is 0 Å². The molecule has 4 heteroatoms. The Hall–Kier alpha value is -1.55. The smallest absolute Gasteiger partial charge is 0.248 e. The molecule has 0 aliphatic carbocycles. The molecule has 2 N–H and O–H groups in total. The van der Waals surface area contributed by atoms with E-state index < -0.39 is 0 Å². The molecule has 1 saturated heterocycles. The molecule has 0 unspecified atom stereocenters. The SMILES string of the molecule is Cc1cc(C(N)=O)cc(N2CCOCC2)c1. The minimum absolute atomic E-state index is 0.377. The maximum atomic E-state index is 11.2. The van der Waals surface area contributed by atoms with E-state index in [2.05, 4.69) is 11.0 Å². The molecule has 1 fully saturated rings. The normalized spacial score (nSPS) is 16.2. The van der Waals surface area contributed by atoms with Crippen molar-refractivity contribution in [3.8, 4) is 0 Å². The molecule has 1 amide bonds. The molecular weight excluding hydrogens is 204 g/mol. The third-order valence-electron chi connectivity index (χ3n) is 2.72. The first-order valence-corrected chi connectivity index (χ1v) is 5.41. The van der Waals surface area contributed by atoms with Gasteiger partial charge in [-0.1, -0.05) is 0 Å². The van der Waals surface area contributed by atoms with Gasteiger partial charge in [0.15, 0.2) is 0 Å². The number of hydrogen-bond acceptors (Lipinski definition) is 3. The number of carbonyl (C=O) groups excluding carboxylic acids is 1. The molecule has 4 nitrogen and oxygen atoms in total. The molecule has 1 aliphatic heterocycles. The minimum atomic E-state index is -0.377. The predicted octanol–water partition coefficient (Wildman–Crippen LogP) is 0.931. The van der Waals surface area contributed by atoms with Crippen molar-refractivity contribution in [2.45, 2.75) is 6.92 Å². The van der Waals surface area contributed by atoms with Gasteiger partial charge in [0, 0.05) is 24.3 Å². The molecule has 1 heterocycles. The molecule has 16 heavy (non-hydrogen) atoms. The summed E-state index contributed by atoms with van der Waals surface area (Å²) < 4.78 is 5.30. The van der Waals surface area contributed by atoms with Gasteiger partial charge >= 0.3 is 0 Å². The number of ether oxygens (including phenoxy) is 1. The molecule has 0 saturated carbocycles. The molecule has 1 aliphatic rings. The highest BCUT2D eigenvalue weighted by molar-refractivity contribution is 5.94. The lowest BCUT2D eigenvalue weighted by Gasteiger charge is -2.29. The predicted molar refractivity (Wildman–Crippen MR) is 62.7 cm³/mol. The molecule has 1 aromatic rings. The molecule has 86 valence electrons. The van der Waals surface area contributed by atoms with Crippen molar-refractivity contribution in [2.24, 2.45) is 5.73 Å². The Labute approximate surface area is 95.0 Å². The van der Waals surface area contributed by atoms with Crippen LogP contribution in [0.4, 0.5) is 5.69 Å². The summed E-state index contributed by atoms with van der Waals surface area (Å²) in [5, 5.41) is 0. The Kier molecular flexibility index (Phi) is 3.10. The zero-order chi connectivity index (χ0) is 11.5. The summed E-state index contributed by atoms with van der Waals surface area (Å²) in [5.41, 5.74) is 7.98. The van der Waals surface area contributed by atoms with E-state index in [9.17, 15) is 4.79 Å². The van der Waals surface area contributed by atoms with Gasteiger partial charge in [0.2, 0.25) is 5.91 Å². The van der Waals surface area contributed by atoms with Crippen LogP contribution in [0, 0.1) is 6.92 Å². The molecule has 2 rings (SSSR count). The van der Waals surface area contributed by atoms with Gasteiger partial charge in [-0.25, -0.2) is 0 Å². The number of rotatable bonds is 2. The third-order valence-corrected chi connectivity index (χ3v) is 2.72. The summed E-state index contributed by atoms with van der Waals surface area (Å²) in [4.78, 5) is 13.4. The fourth-order valence-corrected chi connectivity index (χ4v) is 1.91. The van der Waals surface area contributed by atoms with Crippen LogP contribution >= 0.6 is 0 Å². The average molecular weight is 220 g/mol. The number of amides is 1. The van der Waals surface area contributed by atoms with Crippen LogP contribution in [0.3, 0.4) is 0 Å². The zero-order valence-corrected chi connectivity index (χ0v) is 9.40. The fourth-order valence-electron chi connectivity index (χ4n) is 1.91. The number of nitrogens with two attached hydrogens (primary N) is 1. The van der Waals surface area contributed by atoms with Crippen LogP contribution in [0.2, 0.25) is 0 Å². The number of primary amides is 1. The second-order valence-corrected chi connectivity index (χ2v) is 4.02. The molecule has 0 atom stereocenters. The summed E-state index contributed by atoms with van der Waals surface area (Å²) in [7, 11) is 0. The first kappa shape index (κ1) is 11.0. The Balaban J connectivity index is 2.28. The Morgan fingerprint density at radius 1 is 1.31 bits per heavy atom. The van der Waals surface area contributed by atoms with Crippen LogP contribution < -0.4 is 10.6 Å². The van der Waals surface area contributed by atoms with Gasteiger partial charge in [-0.2, -0.15) is 0 Å². The fraction of sp³-hybridized carbons (Fsp3) is 0.417. The summed E-state index contributed by atoms with van der Waals surface area (Å²) in [5.74, 6) is -0.377. The van der Waals surface area contributed by atoms with E-state index in [1.165, 1.54) is 0 Å². The van der Waals surface area contributed by atoms with Crippen molar-refractivity contribution in [1.82, 2.24) is 0 Å². The Bertz CT molecular complexity index is 398. The quantitative estimate of drug-likeness (QED) is 0.806. The van der Waals surface area contributed by atoms with Crippen LogP contribution in [0.15, 0.2) is 18.2 Å². The van der Waals surface area contributed by atoms with Crippen LogP contribution in [-0.4, -0.2) is 32.2 Å². The lowest BCUT2D eigenvalue weighted by atomic mass is 10.1. The minimum Gasteiger partial charge on any atom is -0.378 e. The first-order chi connectivity index (χ1) is 7.66. The number of carbonyl (C=O) groups is 1. The molecule has 0 bridgehead atoms. The van der Waals surface area contributed by atoms with Gasteiger partial charge in [-0.05, 0) is 30.7 Å². The standard InChI is InChI=1S/C12H16N2O2/c1-9-6-10(12(13)15)8-11(7-9)14-2-4-16-5-3-14/h6-8H,2-5H2,1H3,(H2,13,15). The van der Waals surface area contributed by atoms with Crippen molar-refractivity contribution >= 4 is 11.6 Å². The topological polar surface area (TPSA) is 55.6 Å². The van der Waals surface area contributed by atoms with Gasteiger partial charge in [0.1, 0.15) is 0 Å². The average Bonchev–Trinajstić information content (AvgIpc) is 2.29. The largest absolute Gasteiger partial charge is 0.378 e. The van der Waals surface area contributed by atoms with E-state index in [-0.39, 0.29) is 5.91 Å². The highest BCUT2D eigenvalue weighted by atomic mass is 16.5. The lowest BCUT2D eigenvalue weighted by molar-refractivity contribution is 0.1000. The number of aryl methyl sites for hydroxylation is 1. The van der Waals surface area contributed by atoms with Crippen molar-refractivity contribution in [3.05, 3.63) is 29.3 Å². The number of anilines is 1. The van der Waals surface area contributed by atoms with E-state index in [0.717, 1.165) is 37.6 Å². The summed E-state index contributed by atoms with van der Waals surface area (Å²) >= 11 is 0. The Morgan fingerprint density at radius 2 is 2.00 bits per heavy atom. The van der Waals surface area contributed by atoms with Gasteiger partial charge < -0.3 is 15.4 Å². The third kappa shape index (κ3) is 2.33. The molecule has 0 radical (unpaired) electrons. The maximum absolute atomic E-state index is 11.2. The lowest BCUT2D eigenvalue weighted by Crippen LogP contribution is -2.36. The highest BCUT2D eigenvalue weighted by Crippen LogP contribution is 2.19. The van der Waals surface area contributed by atoms with Crippen LogP contribution in [0.1, 0.15) is 15.9 Å². The van der Waals surface area contributed by atoms with Gasteiger partial charge in [-0.3, -0.25) is 4.79 Å². The number of morpholine rings is 1. The van der Waals surface area contributed by atoms with Crippen LogP contribution in [0.25, 0.3) is 0 Å². The van der Waals surface area contributed by atoms with E-state index in [0.29, 0.717) is 5.56 Å². The van der Waals surface area contributed by atoms with Crippen molar-refractivity contribution in [2.75, 3.05) is 31.2 Å². The van der Waals surface area contributed by atoms with E-state index in [1.807, 2.05) is 19.1 Å². The second-order valence-electron chi connectivity index (χ2n) is 4.02. The number of nitrogens with zero attached hydrogens (tertiary/aromatic N) is 1. The van der Waals surface area contributed by atoms with Crippen molar-refractivity contribution in [3.63, 3.8) is 0 Å². The number of hydrogen-bond donors (Lipinski definition) is 1. The monoisotopic (exact) mass is 220 g/mol. The zero-order valence-electron chi connectivity index (χ0n) is 9.40. The maximum Gasteiger partial charge on any atom is 0.248 e. The van der Waals surface area contributed by atoms with Gasteiger partial charge in [0.25, 0.3) is 0 Å². The first-order valence-electron chi connectivity index (χ1n) is 5.41. The van der Waals surface area contributed by atoms with Gasteiger partial charge in [0.05, 0.1) is 13.2 Å². The van der Waals surface area contributed by atoms with Crippen LogP contribution in [0.5, 0.6) is 0 Å². The number of benzene rings is 1. The summed E-state index contributed by atoms with van der Waals surface area (Å²) in [6, 6.07) is 5.73. The van der Waals surface area contributed by atoms with E-state index in [1.54, 1.807) is 0 Å². The molecule has 1 aromatic carbocycles. The summed E-state index contributed by atoms with van der Waals surface area (Å²) in [6.45, 7) is 5.17. The van der Waals surface area contributed by atoms with Gasteiger partial charge in [-0.15, -0.1) is 0 Å². The Morgan fingerprint density at radius 3 is 2.62 bits per heavy atom. The molecular formula is C12H16N2O2. The van der Waals surface area contributed by atoms with Crippen LogP contribution in [-0.2, 0) is 4.74 Å². The molecule has 0 aromatic heterocycles. The highest BCUT2D eigenvalue weighted by Gasteiger charge is 2.13. The second kappa shape index (κ2) is 4.53. The summed E-state index contributed by atoms with van der Waals surface area (Å²) in [6.07, 6.45) is 0.